The number of hydrogen-bond acceptors (Lipinski definition) is 2. The maximum atomic E-state index is 14.3. The monoisotopic (exact) mass is 291 g/mol. The van der Waals surface area contributed by atoms with Crippen LogP contribution in [0.1, 0.15) is 44.6 Å². The van der Waals surface area contributed by atoms with E-state index in [0.29, 0.717) is 18.2 Å². The highest BCUT2D eigenvalue weighted by molar-refractivity contribution is 5.31. The minimum atomic E-state index is -0.222. The van der Waals surface area contributed by atoms with Crippen LogP contribution < -0.4 is 10.1 Å². The first-order valence-electron chi connectivity index (χ1n) is 7.97. The zero-order valence-corrected chi connectivity index (χ0v) is 13.1. The molecule has 3 heteroatoms. The van der Waals surface area contributed by atoms with Gasteiger partial charge in [0.1, 0.15) is 0 Å². The first-order valence-corrected chi connectivity index (χ1v) is 7.97. The van der Waals surface area contributed by atoms with Crippen LogP contribution in [-0.2, 0) is 6.42 Å². The van der Waals surface area contributed by atoms with Crippen molar-refractivity contribution in [3.8, 4) is 5.75 Å². The van der Waals surface area contributed by atoms with Gasteiger partial charge in [0.05, 0.1) is 7.11 Å². The van der Waals surface area contributed by atoms with Crippen LogP contribution in [0.4, 0.5) is 4.39 Å². The van der Waals surface area contributed by atoms with Crippen LogP contribution >= 0.6 is 0 Å². The highest BCUT2D eigenvalue weighted by atomic mass is 19.1. The topological polar surface area (TPSA) is 21.3 Å². The minimum Gasteiger partial charge on any atom is -0.494 e. The molecule has 1 aliphatic rings. The third-order valence-electron chi connectivity index (χ3n) is 4.12. The van der Waals surface area contributed by atoms with E-state index < -0.39 is 0 Å². The predicted molar refractivity (Wildman–Crippen MR) is 85.3 cm³/mol. The van der Waals surface area contributed by atoms with Crippen molar-refractivity contribution in [3.05, 3.63) is 41.2 Å². The van der Waals surface area contributed by atoms with Gasteiger partial charge in [0.15, 0.2) is 11.6 Å². The number of ether oxygens (including phenoxy) is 1. The summed E-state index contributed by atoms with van der Waals surface area (Å²) in [7, 11) is 1.51. The molecule has 0 heterocycles. The molecule has 2 nitrogen and oxygen atoms in total. The van der Waals surface area contributed by atoms with E-state index in [1.807, 2.05) is 12.1 Å². The molecule has 0 aliphatic heterocycles. The summed E-state index contributed by atoms with van der Waals surface area (Å²) in [4.78, 5) is 0. The number of methoxy groups -OCH3 is 1. The van der Waals surface area contributed by atoms with Crippen LogP contribution in [0.25, 0.3) is 0 Å². The summed E-state index contributed by atoms with van der Waals surface area (Å²) in [5, 5.41) is 3.49. The maximum absolute atomic E-state index is 14.3. The molecule has 0 saturated carbocycles. The van der Waals surface area contributed by atoms with Gasteiger partial charge in [-0.1, -0.05) is 30.7 Å². The summed E-state index contributed by atoms with van der Waals surface area (Å²) >= 11 is 0. The average molecular weight is 291 g/mol. The Bertz CT molecular complexity index is 484. The number of likely N-dealkylation sites (N-methyl/N-ethyl adjacent to an activating group) is 1. The Hall–Kier alpha value is -1.35. The van der Waals surface area contributed by atoms with Crippen LogP contribution in [0.5, 0.6) is 5.75 Å². The highest BCUT2D eigenvalue weighted by Gasteiger charge is 2.16. The molecule has 1 N–H and O–H groups in total. The molecule has 1 unspecified atom stereocenters. The molecule has 0 saturated heterocycles. The summed E-state index contributed by atoms with van der Waals surface area (Å²) in [6.45, 7) is 3.01. The fraction of sp³-hybridized carbons (Fsp3) is 0.556. The average Bonchev–Trinajstić information content (AvgIpc) is 2.50. The van der Waals surface area contributed by atoms with Gasteiger partial charge in [0, 0.05) is 6.04 Å². The SMILES string of the molecule is CCNC(CC1=CCCCC1)Cc1cccc(OC)c1F. The van der Waals surface area contributed by atoms with E-state index in [4.69, 9.17) is 4.74 Å². The number of benzene rings is 1. The summed E-state index contributed by atoms with van der Waals surface area (Å²) in [6.07, 6.45) is 9.08. The van der Waals surface area contributed by atoms with Gasteiger partial charge in [-0.25, -0.2) is 4.39 Å². The Morgan fingerprint density at radius 3 is 2.81 bits per heavy atom. The first-order chi connectivity index (χ1) is 10.2. The highest BCUT2D eigenvalue weighted by Crippen LogP contribution is 2.25. The molecule has 21 heavy (non-hydrogen) atoms. The molecule has 0 aromatic heterocycles. The normalized spacial score (nSPS) is 16.4. The van der Waals surface area contributed by atoms with Crippen molar-refractivity contribution in [2.24, 2.45) is 0 Å². The first kappa shape index (κ1) is 16.0. The van der Waals surface area contributed by atoms with Gasteiger partial charge >= 0.3 is 0 Å². The minimum absolute atomic E-state index is 0.222. The van der Waals surface area contributed by atoms with Crippen molar-refractivity contribution in [1.29, 1.82) is 0 Å². The second-order valence-corrected chi connectivity index (χ2v) is 5.70. The van der Waals surface area contributed by atoms with Gasteiger partial charge in [-0.05, 0) is 56.7 Å². The molecule has 0 radical (unpaired) electrons. The molecule has 1 atom stereocenters. The number of halogens is 1. The number of nitrogens with one attached hydrogen (secondary N) is 1. The van der Waals surface area contributed by atoms with Gasteiger partial charge in [-0.3, -0.25) is 0 Å². The predicted octanol–water partition coefficient (Wildman–Crippen LogP) is 4.25. The zero-order valence-electron chi connectivity index (χ0n) is 13.1. The van der Waals surface area contributed by atoms with Crippen molar-refractivity contribution in [2.75, 3.05) is 13.7 Å². The molecular weight excluding hydrogens is 265 g/mol. The standard InChI is InChI=1S/C18H26FNO/c1-3-20-16(12-14-8-5-4-6-9-14)13-15-10-7-11-17(21-2)18(15)19/h7-8,10-11,16,20H,3-6,9,12-13H2,1-2H3. The van der Waals surface area contributed by atoms with Crippen molar-refractivity contribution in [3.63, 3.8) is 0 Å². The lowest BCUT2D eigenvalue weighted by atomic mass is 9.91. The van der Waals surface area contributed by atoms with E-state index >= 15 is 0 Å². The summed E-state index contributed by atoms with van der Waals surface area (Å²) in [5.74, 6) is 0.111. The van der Waals surface area contributed by atoms with Crippen LogP contribution in [-0.4, -0.2) is 19.7 Å². The van der Waals surface area contributed by atoms with Crippen LogP contribution in [0.3, 0.4) is 0 Å². The van der Waals surface area contributed by atoms with Gasteiger partial charge in [-0.15, -0.1) is 0 Å². The number of rotatable bonds is 7. The number of allylic oxidation sites excluding steroid dienone is 1. The Kier molecular flexibility index (Phi) is 6.24. The van der Waals surface area contributed by atoms with Crippen LogP contribution in [0.2, 0.25) is 0 Å². The smallest absolute Gasteiger partial charge is 0.168 e. The fourth-order valence-corrected chi connectivity index (χ4v) is 3.05. The molecule has 2 rings (SSSR count). The quantitative estimate of drug-likeness (QED) is 0.758. The second kappa shape index (κ2) is 8.18. The Labute approximate surface area is 127 Å². The summed E-state index contributed by atoms with van der Waals surface area (Å²) in [5.41, 5.74) is 2.26. The number of hydrogen-bond donors (Lipinski definition) is 1. The zero-order chi connectivity index (χ0) is 15.1. The largest absolute Gasteiger partial charge is 0.494 e. The Morgan fingerprint density at radius 2 is 2.14 bits per heavy atom. The molecule has 1 aromatic rings. The van der Waals surface area contributed by atoms with Crippen molar-refractivity contribution in [1.82, 2.24) is 5.32 Å². The molecule has 1 aliphatic carbocycles. The Balaban J connectivity index is 2.06. The lowest BCUT2D eigenvalue weighted by molar-refractivity contribution is 0.382. The third kappa shape index (κ3) is 4.57. The lowest BCUT2D eigenvalue weighted by Crippen LogP contribution is -2.32. The summed E-state index contributed by atoms with van der Waals surface area (Å²) in [6, 6.07) is 5.68. The summed E-state index contributed by atoms with van der Waals surface area (Å²) < 4.78 is 19.4. The van der Waals surface area contributed by atoms with E-state index in [1.54, 1.807) is 6.07 Å². The maximum Gasteiger partial charge on any atom is 0.168 e. The van der Waals surface area contributed by atoms with Gasteiger partial charge in [-0.2, -0.15) is 0 Å². The molecule has 1 aromatic carbocycles. The van der Waals surface area contributed by atoms with Gasteiger partial charge in [0.2, 0.25) is 0 Å². The third-order valence-corrected chi connectivity index (χ3v) is 4.12. The van der Waals surface area contributed by atoms with Crippen molar-refractivity contribution in [2.45, 2.75) is 51.5 Å². The second-order valence-electron chi connectivity index (χ2n) is 5.70. The van der Waals surface area contributed by atoms with E-state index in [-0.39, 0.29) is 5.82 Å². The fourth-order valence-electron chi connectivity index (χ4n) is 3.05. The lowest BCUT2D eigenvalue weighted by Gasteiger charge is -2.22. The molecule has 0 bridgehead atoms. The molecule has 0 amide bonds. The van der Waals surface area contributed by atoms with E-state index in [2.05, 4.69) is 18.3 Å². The van der Waals surface area contributed by atoms with Crippen molar-refractivity contribution >= 4 is 0 Å². The van der Waals surface area contributed by atoms with Crippen LogP contribution in [0, 0.1) is 5.82 Å². The van der Waals surface area contributed by atoms with E-state index in [9.17, 15) is 4.39 Å². The van der Waals surface area contributed by atoms with Crippen LogP contribution in [0.15, 0.2) is 29.8 Å². The van der Waals surface area contributed by atoms with Gasteiger partial charge in [0.25, 0.3) is 0 Å². The molecule has 116 valence electrons. The molecule has 0 spiro atoms. The van der Waals surface area contributed by atoms with Gasteiger partial charge < -0.3 is 10.1 Å². The Morgan fingerprint density at radius 1 is 1.29 bits per heavy atom. The molecular formula is C18H26FNO. The molecule has 0 fully saturated rings. The van der Waals surface area contributed by atoms with E-state index in [0.717, 1.165) is 18.5 Å². The van der Waals surface area contributed by atoms with E-state index in [1.165, 1.54) is 38.4 Å². The van der Waals surface area contributed by atoms with Crippen molar-refractivity contribution < 1.29 is 9.13 Å².